The van der Waals surface area contributed by atoms with Gasteiger partial charge >= 0.3 is 5.97 Å². The van der Waals surface area contributed by atoms with E-state index in [-0.39, 0.29) is 11.5 Å². The van der Waals surface area contributed by atoms with Gasteiger partial charge in [-0.1, -0.05) is 35.3 Å². The van der Waals surface area contributed by atoms with Gasteiger partial charge in [-0.05, 0) is 36.8 Å². The summed E-state index contributed by atoms with van der Waals surface area (Å²) < 4.78 is 15.7. The molecule has 1 unspecified atom stereocenters. The number of rotatable bonds is 4. The van der Waals surface area contributed by atoms with Crippen LogP contribution in [0.25, 0.3) is 6.08 Å². The zero-order chi connectivity index (χ0) is 18.8. The van der Waals surface area contributed by atoms with Gasteiger partial charge in [0.2, 0.25) is 5.78 Å². The Balaban J connectivity index is 1.86. The van der Waals surface area contributed by atoms with Crippen LogP contribution in [0.1, 0.15) is 22.8 Å². The lowest BCUT2D eigenvalue weighted by molar-refractivity contribution is -0.147. The monoisotopic (exact) mass is 392 g/mol. The van der Waals surface area contributed by atoms with Crippen LogP contribution in [0.2, 0.25) is 10.0 Å². The molecule has 0 saturated carbocycles. The molecule has 3 rings (SSSR count). The minimum Gasteiger partial charge on any atom is -0.479 e. The van der Waals surface area contributed by atoms with Crippen molar-refractivity contribution in [3.05, 3.63) is 63.3 Å². The molecule has 0 amide bonds. The molecule has 1 aliphatic heterocycles. The number of fused-ring (bicyclic) bond motifs is 1. The van der Waals surface area contributed by atoms with E-state index in [2.05, 4.69) is 4.74 Å². The normalized spacial score (nSPS) is 15.4. The van der Waals surface area contributed by atoms with E-state index in [1.165, 1.54) is 13.2 Å². The highest BCUT2D eigenvalue weighted by Gasteiger charge is 2.28. The second-order valence-electron chi connectivity index (χ2n) is 5.52. The Morgan fingerprint density at radius 1 is 1.23 bits per heavy atom. The summed E-state index contributed by atoms with van der Waals surface area (Å²) in [5, 5.41) is 0.724. The summed E-state index contributed by atoms with van der Waals surface area (Å²) in [4.78, 5) is 24.0. The number of esters is 1. The van der Waals surface area contributed by atoms with Gasteiger partial charge < -0.3 is 14.2 Å². The molecule has 0 aromatic heterocycles. The smallest absolute Gasteiger partial charge is 0.346 e. The molecule has 0 fully saturated rings. The number of hydrogen-bond acceptors (Lipinski definition) is 5. The molecule has 1 aliphatic rings. The first-order valence-electron chi connectivity index (χ1n) is 7.67. The molecule has 26 heavy (non-hydrogen) atoms. The van der Waals surface area contributed by atoms with Crippen LogP contribution in [0.15, 0.2) is 42.2 Å². The molecular weight excluding hydrogens is 379 g/mol. The topological polar surface area (TPSA) is 61.8 Å². The molecule has 0 radical (unpaired) electrons. The highest BCUT2D eigenvalue weighted by Crippen LogP contribution is 2.36. The molecule has 0 spiro atoms. The first-order chi connectivity index (χ1) is 12.4. The van der Waals surface area contributed by atoms with E-state index in [0.717, 1.165) is 0 Å². The maximum atomic E-state index is 12.5. The summed E-state index contributed by atoms with van der Waals surface area (Å²) in [6, 6.07) is 9.84. The number of allylic oxidation sites excluding steroid dienone is 1. The minimum absolute atomic E-state index is 0.127. The predicted molar refractivity (Wildman–Crippen MR) is 97.9 cm³/mol. The SMILES string of the molecule is COC(=O)C(C)Oc1ccc2c(c1)OC(=Cc1cccc(Cl)c1Cl)C2=O. The Morgan fingerprint density at radius 2 is 2.00 bits per heavy atom. The second-order valence-corrected chi connectivity index (χ2v) is 6.31. The third kappa shape index (κ3) is 3.54. The third-order valence-electron chi connectivity index (χ3n) is 3.76. The van der Waals surface area contributed by atoms with Gasteiger partial charge in [-0.3, -0.25) is 4.79 Å². The zero-order valence-electron chi connectivity index (χ0n) is 13.9. The van der Waals surface area contributed by atoms with Crippen molar-refractivity contribution in [3.63, 3.8) is 0 Å². The number of halogens is 2. The Hall–Kier alpha value is -2.50. The molecule has 5 nitrogen and oxygen atoms in total. The van der Waals surface area contributed by atoms with Crippen LogP contribution in [-0.2, 0) is 9.53 Å². The molecule has 134 valence electrons. The molecule has 2 aromatic rings. The van der Waals surface area contributed by atoms with E-state index in [0.29, 0.717) is 32.7 Å². The number of benzene rings is 2. The van der Waals surface area contributed by atoms with Crippen molar-refractivity contribution in [3.8, 4) is 11.5 Å². The lowest BCUT2D eigenvalue weighted by Crippen LogP contribution is -2.24. The van der Waals surface area contributed by atoms with Crippen molar-refractivity contribution < 1.29 is 23.8 Å². The first-order valence-corrected chi connectivity index (χ1v) is 8.43. The summed E-state index contributed by atoms with van der Waals surface area (Å²) in [5.74, 6) is 0.0788. The number of ether oxygens (including phenoxy) is 3. The number of methoxy groups -OCH3 is 1. The van der Waals surface area contributed by atoms with E-state index < -0.39 is 12.1 Å². The predicted octanol–water partition coefficient (Wildman–Crippen LogP) is 4.55. The fourth-order valence-corrected chi connectivity index (χ4v) is 2.79. The van der Waals surface area contributed by atoms with Gasteiger partial charge in [0.25, 0.3) is 0 Å². The van der Waals surface area contributed by atoms with Crippen LogP contribution in [0.4, 0.5) is 0 Å². The van der Waals surface area contributed by atoms with Crippen molar-refractivity contribution in [1.82, 2.24) is 0 Å². The zero-order valence-corrected chi connectivity index (χ0v) is 15.4. The fraction of sp³-hybridized carbons (Fsp3) is 0.158. The average molecular weight is 393 g/mol. The Morgan fingerprint density at radius 3 is 2.73 bits per heavy atom. The van der Waals surface area contributed by atoms with Crippen LogP contribution in [0.5, 0.6) is 11.5 Å². The van der Waals surface area contributed by atoms with Crippen molar-refractivity contribution in [2.75, 3.05) is 7.11 Å². The maximum absolute atomic E-state index is 12.5. The van der Waals surface area contributed by atoms with E-state index in [9.17, 15) is 9.59 Å². The fourth-order valence-electron chi connectivity index (χ4n) is 2.43. The van der Waals surface area contributed by atoms with E-state index >= 15 is 0 Å². The Kier molecular flexibility index (Phi) is 5.20. The van der Waals surface area contributed by atoms with Crippen LogP contribution >= 0.6 is 23.2 Å². The lowest BCUT2D eigenvalue weighted by atomic mass is 10.1. The molecule has 1 heterocycles. The van der Waals surface area contributed by atoms with Crippen LogP contribution in [-0.4, -0.2) is 25.0 Å². The molecule has 0 bridgehead atoms. The van der Waals surface area contributed by atoms with Crippen LogP contribution in [0.3, 0.4) is 0 Å². The largest absolute Gasteiger partial charge is 0.479 e. The van der Waals surface area contributed by atoms with Gasteiger partial charge in [0.15, 0.2) is 11.9 Å². The molecule has 0 aliphatic carbocycles. The molecular formula is C19H14Cl2O5. The molecule has 7 heteroatoms. The van der Waals surface area contributed by atoms with E-state index in [1.807, 2.05) is 0 Å². The van der Waals surface area contributed by atoms with Crippen molar-refractivity contribution in [2.24, 2.45) is 0 Å². The van der Waals surface area contributed by atoms with Crippen molar-refractivity contribution >= 4 is 41.0 Å². The quantitative estimate of drug-likeness (QED) is 0.564. The second kappa shape index (κ2) is 7.40. The van der Waals surface area contributed by atoms with Gasteiger partial charge in [0.05, 0.1) is 22.7 Å². The summed E-state index contributed by atoms with van der Waals surface area (Å²) in [6.45, 7) is 1.57. The number of carbonyl (C=O) groups excluding carboxylic acids is 2. The molecule has 2 aromatic carbocycles. The molecule has 1 atom stereocenters. The average Bonchev–Trinajstić information content (AvgIpc) is 2.93. The maximum Gasteiger partial charge on any atom is 0.346 e. The summed E-state index contributed by atoms with van der Waals surface area (Å²) in [7, 11) is 1.28. The summed E-state index contributed by atoms with van der Waals surface area (Å²) in [6.07, 6.45) is 0.754. The number of carbonyl (C=O) groups is 2. The lowest BCUT2D eigenvalue weighted by Gasteiger charge is -2.12. The van der Waals surface area contributed by atoms with Gasteiger partial charge in [-0.15, -0.1) is 0 Å². The highest BCUT2D eigenvalue weighted by molar-refractivity contribution is 6.43. The van der Waals surface area contributed by atoms with Crippen molar-refractivity contribution in [1.29, 1.82) is 0 Å². The number of Topliss-reactive ketones (excluding diaryl/α,β-unsaturated/α-hetero) is 1. The highest BCUT2D eigenvalue weighted by atomic mass is 35.5. The Labute approximate surface area is 160 Å². The number of ketones is 1. The van der Waals surface area contributed by atoms with Crippen LogP contribution in [0, 0.1) is 0 Å². The van der Waals surface area contributed by atoms with Crippen LogP contribution < -0.4 is 9.47 Å². The Bertz CT molecular complexity index is 920. The van der Waals surface area contributed by atoms with Gasteiger partial charge in [-0.2, -0.15) is 0 Å². The van der Waals surface area contributed by atoms with E-state index in [4.69, 9.17) is 32.7 Å². The van der Waals surface area contributed by atoms with Gasteiger partial charge in [0, 0.05) is 6.07 Å². The van der Waals surface area contributed by atoms with E-state index in [1.54, 1.807) is 43.3 Å². The van der Waals surface area contributed by atoms with Crippen molar-refractivity contribution in [2.45, 2.75) is 13.0 Å². The summed E-state index contributed by atoms with van der Waals surface area (Å²) in [5.41, 5.74) is 0.971. The number of hydrogen-bond donors (Lipinski definition) is 0. The summed E-state index contributed by atoms with van der Waals surface area (Å²) >= 11 is 12.1. The van der Waals surface area contributed by atoms with Gasteiger partial charge in [-0.25, -0.2) is 4.79 Å². The molecule has 0 saturated heterocycles. The van der Waals surface area contributed by atoms with Gasteiger partial charge in [0.1, 0.15) is 11.5 Å². The molecule has 0 N–H and O–H groups in total. The standard InChI is InChI=1S/C19H14Cl2O5/c1-10(19(23)24-2)25-12-6-7-13-15(9-12)26-16(18(13)22)8-11-4-3-5-14(20)17(11)21/h3-10H,1-2H3. The first kappa shape index (κ1) is 18.3. The minimum atomic E-state index is -0.782. The third-order valence-corrected chi connectivity index (χ3v) is 4.59.